The molecule has 0 radical (unpaired) electrons. The minimum absolute atomic E-state index is 0.148. The zero-order chi connectivity index (χ0) is 23.4. The number of ketones is 1. The highest BCUT2D eigenvalue weighted by Gasteiger charge is 2.28. The van der Waals surface area contributed by atoms with E-state index in [4.69, 9.17) is 4.74 Å². The van der Waals surface area contributed by atoms with Crippen LogP contribution in [0.1, 0.15) is 34.0 Å². The van der Waals surface area contributed by atoms with Crippen molar-refractivity contribution in [3.05, 3.63) is 102 Å². The van der Waals surface area contributed by atoms with Gasteiger partial charge in [0.1, 0.15) is 0 Å². The number of aromatic nitrogens is 1. The molecule has 0 aliphatic carbocycles. The Morgan fingerprint density at radius 2 is 1.58 bits per heavy atom. The number of benzene rings is 3. The molecular formula is C26H23NO5S. The monoisotopic (exact) mass is 461 g/mol. The third-order valence-electron chi connectivity index (χ3n) is 5.40. The van der Waals surface area contributed by atoms with Gasteiger partial charge in [-0.25, -0.2) is 8.42 Å². The van der Waals surface area contributed by atoms with E-state index in [0.29, 0.717) is 11.1 Å². The van der Waals surface area contributed by atoms with Gasteiger partial charge in [0, 0.05) is 28.2 Å². The maximum atomic E-state index is 13.4. The lowest BCUT2D eigenvalue weighted by molar-refractivity contribution is -0.146. The predicted molar refractivity (Wildman–Crippen MR) is 126 cm³/mol. The number of esters is 1. The van der Waals surface area contributed by atoms with Crippen molar-refractivity contribution >= 4 is 32.5 Å². The highest BCUT2D eigenvalue weighted by molar-refractivity contribution is 7.91. The third kappa shape index (κ3) is 5.04. The third-order valence-corrected chi connectivity index (χ3v) is 7.13. The topological polar surface area (TPSA) is 93.3 Å². The summed E-state index contributed by atoms with van der Waals surface area (Å²) in [5.74, 6) is -1.54. The highest BCUT2D eigenvalue weighted by atomic mass is 32.2. The number of para-hydroxylation sites is 1. The zero-order valence-corrected chi connectivity index (χ0v) is 18.8. The number of nitrogens with one attached hydrogen (secondary N) is 1. The fourth-order valence-electron chi connectivity index (χ4n) is 3.59. The van der Waals surface area contributed by atoms with Crippen LogP contribution >= 0.6 is 0 Å². The van der Waals surface area contributed by atoms with Gasteiger partial charge in [-0.1, -0.05) is 66.2 Å². The Morgan fingerprint density at radius 3 is 2.30 bits per heavy atom. The van der Waals surface area contributed by atoms with Gasteiger partial charge in [-0.3, -0.25) is 9.59 Å². The van der Waals surface area contributed by atoms with Crippen molar-refractivity contribution in [3.63, 3.8) is 0 Å². The molecule has 4 rings (SSSR count). The second-order valence-corrected chi connectivity index (χ2v) is 9.88. The van der Waals surface area contributed by atoms with Crippen molar-refractivity contribution in [2.45, 2.75) is 24.3 Å². The maximum Gasteiger partial charge on any atom is 0.307 e. The van der Waals surface area contributed by atoms with Gasteiger partial charge in [0.05, 0.1) is 17.1 Å². The molecule has 0 bridgehead atoms. The Labute approximate surface area is 192 Å². The van der Waals surface area contributed by atoms with E-state index in [1.807, 2.05) is 31.2 Å². The number of aryl methyl sites for hydroxylation is 1. The fourth-order valence-corrected chi connectivity index (χ4v) is 4.81. The van der Waals surface area contributed by atoms with Gasteiger partial charge in [0.15, 0.2) is 15.9 Å². The molecular weight excluding hydrogens is 438 g/mol. The number of hydrogen-bond acceptors (Lipinski definition) is 5. The van der Waals surface area contributed by atoms with E-state index in [1.165, 1.54) is 12.1 Å². The second kappa shape index (κ2) is 9.42. The molecule has 3 aromatic carbocycles. The Morgan fingerprint density at radius 1 is 0.909 bits per heavy atom. The number of carbonyl (C=O) groups is 2. The van der Waals surface area contributed by atoms with Crippen LogP contribution in [-0.4, -0.2) is 30.9 Å². The number of rotatable bonds is 8. The van der Waals surface area contributed by atoms with Crippen LogP contribution in [0.4, 0.5) is 0 Å². The minimum Gasteiger partial charge on any atom is -0.449 e. The van der Waals surface area contributed by atoms with Crippen LogP contribution < -0.4 is 0 Å². The largest absolute Gasteiger partial charge is 0.449 e. The van der Waals surface area contributed by atoms with E-state index in [-0.39, 0.29) is 17.1 Å². The highest BCUT2D eigenvalue weighted by Crippen LogP contribution is 2.27. The molecule has 0 aliphatic heterocycles. The van der Waals surface area contributed by atoms with Gasteiger partial charge in [-0.2, -0.15) is 0 Å². The molecule has 1 N–H and O–H groups in total. The summed E-state index contributed by atoms with van der Waals surface area (Å²) in [6.07, 6.45) is 0.0549. The average molecular weight is 462 g/mol. The van der Waals surface area contributed by atoms with Gasteiger partial charge < -0.3 is 9.72 Å². The number of hydrogen-bond donors (Lipinski definition) is 1. The summed E-state index contributed by atoms with van der Waals surface area (Å²) in [7, 11) is -3.66. The lowest BCUT2D eigenvalue weighted by Crippen LogP contribution is -2.22. The molecule has 1 heterocycles. The van der Waals surface area contributed by atoms with Crippen LogP contribution in [0.2, 0.25) is 0 Å². The molecule has 4 aromatic rings. The molecule has 0 saturated heterocycles. The number of aromatic amines is 1. The van der Waals surface area contributed by atoms with Crippen LogP contribution in [0, 0.1) is 6.92 Å². The van der Waals surface area contributed by atoms with Crippen LogP contribution in [-0.2, 0) is 19.4 Å². The summed E-state index contributed by atoms with van der Waals surface area (Å²) in [5.41, 5.74) is 2.65. The van der Waals surface area contributed by atoms with E-state index in [2.05, 4.69) is 4.98 Å². The van der Waals surface area contributed by atoms with Crippen molar-refractivity contribution < 1.29 is 22.7 Å². The molecule has 33 heavy (non-hydrogen) atoms. The van der Waals surface area contributed by atoms with Crippen molar-refractivity contribution in [1.82, 2.24) is 4.98 Å². The van der Waals surface area contributed by atoms with Gasteiger partial charge in [-0.15, -0.1) is 0 Å². The summed E-state index contributed by atoms with van der Waals surface area (Å²) < 4.78 is 30.7. The van der Waals surface area contributed by atoms with Gasteiger partial charge in [0.2, 0.25) is 5.78 Å². The van der Waals surface area contributed by atoms with Gasteiger partial charge in [-0.05, 0) is 25.1 Å². The number of sulfone groups is 1. The first kappa shape index (κ1) is 22.5. The molecule has 168 valence electrons. The maximum absolute atomic E-state index is 13.4. The molecule has 0 saturated carbocycles. The van der Waals surface area contributed by atoms with Crippen LogP contribution in [0.15, 0.2) is 90.0 Å². The standard InChI is InChI=1S/C26H23NO5S/c1-18-11-13-20(14-12-18)33(30,31)16-15-24(28)32-26(19-7-3-2-4-8-19)25(29)22-17-27-23-10-6-5-9-21(22)23/h2-14,17,26-27H,15-16H2,1H3. The van der Waals surface area contributed by atoms with Crippen molar-refractivity contribution in [1.29, 1.82) is 0 Å². The average Bonchev–Trinajstić information content (AvgIpc) is 3.26. The lowest BCUT2D eigenvalue weighted by Gasteiger charge is -2.17. The zero-order valence-electron chi connectivity index (χ0n) is 18.0. The van der Waals surface area contributed by atoms with Crippen LogP contribution in [0.25, 0.3) is 10.9 Å². The van der Waals surface area contributed by atoms with Crippen molar-refractivity contribution in [2.75, 3.05) is 5.75 Å². The summed E-state index contributed by atoms with van der Waals surface area (Å²) >= 11 is 0. The molecule has 0 spiro atoms. The minimum atomic E-state index is -3.66. The SMILES string of the molecule is Cc1ccc(S(=O)(=O)CCC(=O)OC(C(=O)c2c[nH]c3ccccc23)c2ccccc2)cc1. The fraction of sp³-hybridized carbons (Fsp3) is 0.154. The molecule has 1 atom stereocenters. The Hall–Kier alpha value is -3.71. The van der Waals surface area contributed by atoms with Crippen molar-refractivity contribution in [2.24, 2.45) is 0 Å². The van der Waals surface area contributed by atoms with E-state index in [9.17, 15) is 18.0 Å². The Kier molecular flexibility index (Phi) is 6.42. The summed E-state index contributed by atoms with van der Waals surface area (Å²) in [6, 6.07) is 22.5. The van der Waals surface area contributed by atoms with Crippen LogP contribution in [0.3, 0.4) is 0 Å². The summed E-state index contributed by atoms with van der Waals surface area (Å²) in [4.78, 5) is 29.2. The number of Topliss-reactive ketones (excluding diaryl/α,β-unsaturated/α-hetero) is 1. The van der Waals surface area contributed by atoms with E-state index in [1.54, 1.807) is 48.7 Å². The molecule has 6 nitrogen and oxygen atoms in total. The predicted octanol–water partition coefficient (Wildman–Crippen LogP) is 4.81. The Balaban J connectivity index is 1.54. The number of carbonyl (C=O) groups excluding carboxylic acids is 2. The van der Waals surface area contributed by atoms with Crippen molar-refractivity contribution in [3.8, 4) is 0 Å². The number of fused-ring (bicyclic) bond motifs is 1. The smallest absolute Gasteiger partial charge is 0.307 e. The molecule has 0 amide bonds. The van der Waals surface area contributed by atoms with E-state index < -0.39 is 27.7 Å². The van der Waals surface area contributed by atoms with E-state index >= 15 is 0 Å². The number of H-pyrrole nitrogens is 1. The second-order valence-electron chi connectivity index (χ2n) is 7.77. The molecule has 7 heteroatoms. The van der Waals surface area contributed by atoms with Crippen LogP contribution in [0.5, 0.6) is 0 Å². The lowest BCUT2D eigenvalue weighted by atomic mass is 9.99. The summed E-state index contributed by atoms with van der Waals surface area (Å²) in [6.45, 7) is 1.86. The van der Waals surface area contributed by atoms with Gasteiger partial charge >= 0.3 is 5.97 Å². The molecule has 1 aromatic heterocycles. The molecule has 0 aliphatic rings. The van der Waals surface area contributed by atoms with E-state index in [0.717, 1.165) is 16.5 Å². The van der Waals surface area contributed by atoms with Gasteiger partial charge in [0.25, 0.3) is 0 Å². The first-order chi connectivity index (χ1) is 15.8. The molecule has 1 unspecified atom stereocenters. The number of ether oxygens (including phenoxy) is 1. The quantitative estimate of drug-likeness (QED) is 0.300. The first-order valence-corrected chi connectivity index (χ1v) is 12.1. The molecule has 0 fully saturated rings. The first-order valence-electron chi connectivity index (χ1n) is 10.5. The summed E-state index contributed by atoms with van der Waals surface area (Å²) in [5, 5.41) is 0.724. The Bertz CT molecular complexity index is 1390. The normalized spacial score (nSPS) is 12.4.